The number of aromatic nitrogens is 1. The first-order valence-electron chi connectivity index (χ1n) is 8.35. The van der Waals surface area contributed by atoms with Gasteiger partial charge in [-0.15, -0.1) is 11.8 Å². The first kappa shape index (κ1) is 17.5. The Bertz CT molecular complexity index is 1010. The van der Waals surface area contributed by atoms with Gasteiger partial charge in [-0.2, -0.15) is 0 Å². The summed E-state index contributed by atoms with van der Waals surface area (Å²) in [5, 5.41) is 4.09. The molecule has 2 aromatic carbocycles. The quantitative estimate of drug-likeness (QED) is 0.672. The summed E-state index contributed by atoms with van der Waals surface area (Å²) in [7, 11) is 4.83. The number of carbonyl (C=O) groups is 1. The zero-order chi connectivity index (χ0) is 19.0. The number of methoxy groups -OCH3 is 2. The number of rotatable bonds is 4. The smallest absolute Gasteiger partial charge is 0.280 e. The lowest BCUT2D eigenvalue weighted by molar-refractivity contribution is 0.0983. The average molecular weight is 382 g/mol. The third kappa shape index (κ3) is 2.94. The van der Waals surface area contributed by atoms with Crippen molar-refractivity contribution in [3.8, 4) is 22.8 Å². The highest BCUT2D eigenvalue weighted by Gasteiger charge is 2.30. The summed E-state index contributed by atoms with van der Waals surface area (Å²) in [4.78, 5) is 15.8. The molecule has 0 aliphatic carbocycles. The van der Waals surface area contributed by atoms with Crippen LogP contribution in [0.1, 0.15) is 16.1 Å². The monoisotopic (exact) mass is 382 g/mol. The molecule has 7 heteroatoms. The fraction of sp³-hybridized carbons (Fsp3) is 0.200. The lowest BCUT2D eigenvalue weighted by Gasteiger charge is -2.20. The lowest BCUT2D eigenvalue weighted by Crippen LogP contribution is -2.28. The van der Waals surface area contributed by atoms with Crippen molar-refractivity contribution in [2.24, 2.45) is 0 Å². The molecule has 0 unspecified atom stereocenters. The Morgan fingerprint density at radius 1 is 1.19 bits per heavy atom. The van der Waals surface area contributed by atoms with E-state index < -0.39 is 0 Å². The van der Waals surface area contributed by atoms with Crippen LogP contribution in [0.25, 0.3) is 11.3 Å². The van der Waals surface area contributed by atoms with Crippen LogP contribution >= 0.6 is 11.8 Å². The van der Waals surface area contributed by atoms with Crippen molar-refractivity contribution >= 4 is 23.4 Å². The van der Waals surface area contributed by atoms with Gasteiger partial charge in [-0.3, -0.25) is 4.79 Å². The number of nitrogens with zero attached hydrogens (tertiary/aromatic N) is 2. The number of hydrogen-bond donors (Lipinski definition) is 0. The second kappa shape index (κ2) is 7.00. The molecule has 0 fully saturated rings. The molecule has 0 spiro atoms. The number of anilines is 1. The summed E-state index contributed by atoms with van der Waals surface area (Å²) >= 11 is 1.68. The van der Waals surface area contributed by atoms with Gasteiger partial charge in [0.05, 0.1) is 19.9 Å². The third-order valence-corrected chi connectivity index (χ3v) is 5.65. The minimum absolute atomic E-state index is 0.247. The van der Waals surface area contributed by atoms with Gasteiger partial charge in [0.1, 0.15) is 11.5 Å². The third-order valence-electron chi connectivity index (χ3n) is 4.55. The molecular weight excluding hydrogens is 364 g/mol. The highest BCUT2D eigenvalue weighted by molar-refractivity contribution is 7.98. The molecule has 1 amide bonds. The van der Waals surface area contributed by atoms with Crippen LogP contribution in [-0.4, -0.2) is 32.3 Å². The summed E-state index contributed by atoms with van der Waals surface area (Å²) in [5.41, 5.74) is 2.75. The van der Waals surface area contributed by atoms with Gasteiger partial charge >= 0.3 is 0 Å². The Balaban J connectivity index is 1.70. The van der Waals surface area contributed by atoms with Gasteiger partial charge in [0.15, 0.2) is 11.5 Å². The number of benzene rings is 2. The highest BCUT2D eigenvalue weighted by Crippen LogP contribution is 2.43. The van der Waals surface area contributed by atoms with Crippen molar-refractivity contribution in [3.05, 3.63) is 53.7 Å². The molecule has 1 aliphatic rings. The number of hydrogen-bond acceptors (Lipinski definition) is 6. The van der Waals surface area contributed by atoms with Crippen molar-refractivity contribution < 1.29 is 18.8 Å². The van der Waals surface area contributed by atoms with Crippen LogP contribution in [0.3, 0.4) is 0 Å². The predicted molar refractivity (Wildman–Crippen MR) is 104 cm³/mol. The first-order chi connectivity index (χ1) is 13.1. The van der Waals surface area contributed by atoms with Crippen molar-refractivity contribution in [2.45, 2.75) is 10.6 Å². The summed E-state index contributed by atoms with van der Waals surface area (Å²) in [6.45, 7) is 0. The van der Waals surface area contributed by atoms with Crippen LogP contribution in [0.2, 0.25) is 0 Å². The Labute approximate surface area is 161 Å². The molecule has 0 bridgehead atoms. The molecule has 0 saturated heterocycles. The van der Waals surface area contributed by atoms with E-state index in [0.717, 1.165) is 16.0 Å². The van der Waals surface area contributed by atoms with E-state index in [2.05, 4.69) is 5.16 Å². The minimum Gasteiger partial charge on any atom is -0.497 e. The number of amides is 1. The minimum atomic E-state index is -0.247. The van der Waals surface area contributed by atoms with Gasteiger partial charge in [0.2, 0.25) is 0 Å². The molecular formula is C20H18N2O4S. The molecule has 1 aromatic heterocycles. The summed E-state index contributed by atoms with van der Waals surface area (Å²) < 4.78 is 16.2. The van der Waals surface area contributed by atoms with E-state index in [1.165, 1.54) is 4.90 Å². The molecule has 27 heavy (non-hydrogen) atoms. The Hall–Kier alpha value is -2.93. The van der Waals surface area contributed by atoms with Crippen molar-refractivity contribution in [1.29, 1.82) is 0 Å². The molecule has 0 atom stereocenters. The Morgan fingerprint density at radius 3 is 2.78 bits per heavy atom. The van der Waals surface area contributed by atoms with Gasteiger partial charge in [0, 0.05) is 34.9 Å². The van der Waals surface area contributed by atoms with E-state index >= 15 is 0 Å². The van der Waals surface area contributed by atoms with Crippen LogP contribution in [0.15, 0.2) is 51.9 Å². The fourth-order valence-corrected chi connectivity index (χ4v) is 4.14. The molecule has 0 saturated carbocycles. The van der Waals surface area contributed by atoms with Gasteiger partial charge in [-0.1, -0.05) is 17.3 Å². The van der Waals surface area contributed by atoms with Crippen LogP contribution in [0, 0.1) is 0 Å². The largest absolute Gasteiger partial charge is 0.497 e. The number of ether oxygens (including phenoxy) is 2. The molecule has 3 aromatic rings. The molecule has 2 heterocycles. The van der Waals surface area contributed by atoms with E-state index in [0.29, 0.717) is 34.4 Å². The average Bonchev–Trinajstić information content (AvgIpc) is 3.16. The number of thioether (sulfide) groups is 1. The fourth-order valence-electron chi connectivity index (χ4n) is 3.08. The van der Waals surface area contributed by atoms with E-state index in [1.54, 1.807) is 51.2 Å². The standard InChI is InChI=1S/C20H18N2O4S/c1-22(15-9-8-12(24-2)10-16(15)25-3)20(23)18-14-11-27-17-7-5-4-6-13(17)19(14)26-21-18/h4-10H,11H2,1-3H3. The van der Waals surface area contributed by atoms with Crippen molar-refractivity contribution in [3.63, 3.8) is 0 Å². The van der Waals surface area contributed by atoms with Crippen LogP contribution in [0.4, 0.5) is 5.69 Å². The highest BCUT2D eigenvalue weighted by atomic mass is 32.2. The van der Waals surface area contributed by atoms with E-state index in [4.69, 9.17) is 14.0 Å². The van der Waals surface area contributed by atoms with E-state index in [9.17, 15) is 4.79 Å². The van der Waals surface area contributed by atoms with Gasteiger partial charge < -0.3 is 18.9 Å². The second-order valence-electron chi connectivity index (χ2n) is 6.03. The second-order valence-corrected chi connectivity index (χ2v) is 7.04. The molecule has 0 radical (unpaired) electrons. The maximum atomic E-state index is 13.1. The zero-order valence-corrected chi connectivity index (χ0v) is 16.0. The maximum absolute atomic E-state index is 13.1. The first-order valence-corrected chi connectivity index (χ1v) is 9.33. The van der Waals surface area contributed by atoms with Gasteiger partial charge in [0.25, 0.3) is 5.91 Å². The number of carbonyl (C=O) groups excluding carboxylic acids is 1. The summed E-state index contributed by atoms with van der Waals surface area (Å²) in [5.74, 6) is 2.27. The normalized spacial score (nSPS) is 12.1. The predicted octanol–water partition coefficient (Wildman–Crippen LogP) is 4.24. The Morgan fingerprint density at radius 2 is 2.00 bits per heavy atom. The van der Waals surface area contributed by atoms with Gasteiger partial charge in [-0.05, 0) is 24.3 Å². The summed E-state index contributed by atoms with van der Waals surface area (Å²) in [6.07, 6.45) is 0. The zero-order valence-electron chi connectivity index (χ0n) is 15.2. The molecule has 4 rings (SSSR count). The van der Waals surface area contributed by atoms with Gasteiger partial charge in [-0.25, -0.2) is 0 Å². The molecule has 138 valence electrons. The molecule has 6 nitrogen and oxygen atoms in total. The topological polar surface area (TPSA) is 64.8 Å². The molecule has 0 N–H and O–H groups in total. The summed E-state index contributed by atoms with van der Waals surface area (Å²) in [6, 6.07) is 13.3. The van der Waals surface area contributed by atoms with Crippen molar-refractivity contribution in [2.75, 3.05) is 26.2 Å². The number of fused-ring (bicyclic) bond motifs is 3. The van der Waals surface area contributed by atoms with Crippen LogP contribution in [0.5, 0.6) is 11.5 Å². The van der Waals surface area contributed by atoms with E-state index in [-0.39, 0.29) is 5.91 Å². The van der Waals surface area contributed by atoms with Crippen LogP contribution in [-0.2, 0) is 5.75 Å². The van der Waals surface area contributed by atoms with Crippen molar-refractivity contribution in [1.82, 2.24) is 5.16 Å². The van der Waals surface area contributed by atoms with Crippen LogP contribution < -0.4 is 14.4 Å². The Kier molecular flexibility index (Phi) is 4.53. The maximum Gasteiger partial charge on any atom is 0.280 e. The van der Waals surface area contributed by atoms with E-state index in [1.807, 2.05) is 24.3 Å². The SMILES string of the molecule is COc1ccc(N(C)C(=O)c2noc3c2CSc2ccccc2-3)c(OC)c1. The molecule has 1 aliphatic heterocycles. The lowest BCUT2D eigenvalue weighted by atomic mass is 10.1.